The van der Waals surface area contributed by atoms with Gasteiger partial charge >= 0.3 is 5.97 Å². The van der Waals surface area contributed by atoms with Crippen LogP contribution < -0.4 is 4.74 Å². The van der Waals surface area contributed by atoms with Crippen LogP contribution in [0.5, 0.6) is 5.75 Å². The number of fused-ring (bicyclic) bond motifs is 3. The molecule has 3 aliphatic heterocycles. The maximum atomic E-state index is 13.3. The summed E-state index contributed by atoms with van der Waals surface area (Å²) < 4.78 is 183. The summed E-state index contributed by atoms with van der Waals surface area (Å²) in [6, 6.07) is 5.98. The van der Waals surface area contributed by atoms with Crippen LogP contribution in [0.15, 0.2) is 24.3 Å². The van der Waals surface area contributed by atoms with Crippen LogP contribution in [0.2, 0.25) is 0 Å². The van der Waals surface area contributed by atoms with Crippen LogP contribution in [0.4, 0.5) is 0 Å². The van der Waals surface area contributed by atoms with E-state index >= 15 is 0 Å². The van der Waals surface area contributed by atoms with Gasteiger partial charge in [0.2, 0.25) is 0 Å². The summed E-state index contributed by atoms with van der Waals surface area (Å²) in [6.07, 6.45) is -10.9. The molecular formula is C28H40O22S5. The van der Waals surface area contributed by atoms with E-state index in [0.29, 0.717) is 30.8 Å². The van der Waals surface area contributed by atoms with Gasteiger partial charge < -0.3 is 28.4 Å². The molecule has 1 aromatic rings. The van der Waals surface area contributed by atoms with Crippen LogP contribution in [0.25, 0.3) is 0 Å². The van der Waals surface area contributed by atoms with E-state index in [9.17, 15) is 46.9 Å². The zero-order valence-electron chi connectivity index (χ0n) is 29.9. The van der Waals surface area contributed by atoms with E-state index in [1.807, 2.05) is 0 Å². The Morgan fingerprint density at radius 2 is 1.29 bits per heavy atom. The Labute approximate surface area is 318 Å². The highest BCUT2D eigenvalue weighted by atomic mass is 32.2. The van der Waals surface area contributed by atoms with Crippen molar-refractivity contribution in [3.8, 4) is 5.75 Å². The number of carbonyl (C=O) groups is 1. The van der Waals surface area contributed by atoms with Gasteiger partial charge in [-0.3, -0.25) is 20.9 Å². The van der Waals surface area contributed by atoms with Crippen molar-refractivity contribution >= 4 is 56.6 Å². The quantitative estimate of drug-likeness (QED) is 0.0935. The van der Waals surface area contributed by atoms with Gasteiger partial charge in [-0.1, -0.05) is 0 Å². The molecule has 4 aliphatic rings. The molecule has 3 saturated heterocycles. The van der Waals surface area contributed by atoms with Gasteiger partial charge in [0.25, 0.3) is 50.6 Å². The standard InChI is InChI=1S/C28H40O22S5/c1-40-16-9-7-15(8-10-16)25(29)45-20-17-11-12-41-26(19(17)28(24(20)47-28)14-43-52(3,32)33)46-27-23(50-55(6,38)39)22(49-54(5,36)37)21(48-53(4,34)35)18(44-27)13-42-51(2,30)31/h7-10,17-24,26-27H,11-14H2,1-6H3. The van der Waals surface area contributed by atoms with Crippen molar-refractivity contribution in [2.75, 3.05) is 58.2 Å². The second-order valence-electron chi connectivity index (χ2n) is 13.2. The molecule has 1 aliphatic carbocycles. The lowest BCUT2D eigenvalue weighted by Crippen LogP contribution is -2.64. The second-order valence-corrected chi connectivity index (χ2v) is 21.3. The largest absolute Gasteiger partial charge is 0.497 e. The summed E-state index contributed by atoms with van der Waals surface area (Å²) in [4.78, 5) is 13.3. The monoisotopic (exact) mass is 888 g/mol. The van der Waals surface area contributed by atoms with E-state index in [1.54, 1.807) is 0 Å². The number of methoxy groups -OCH3 is 1. The van der Waals surface area contributed by atoms with Gasteiger partial charge in [-0.25, -0.2) is 4.79 Å². The Bertz CT molecular complexity index is 2140. The minimum Gasteiger partial charge on any atom is -0.497 e. The van der Waals surface area contributed by atoms with Crippen LogP contribution >= 0.6 is 0 Å². The lowest BCUT2D eigenvalue weighted by molar-refractivity contribution is -0.347. The van der Waals surface area contributed by atoms with Crippen LogP contribution in [0.3, 0.4) is 0 Å². The van der Waals surface area contributed by atoms with E-state index in [2.05, 4.69) is 0 Å². The summed E-state index contributed by atoms with van der Waals surface area (Å²) in [5, 5.41) is 0. The predicted octanol–water partition coefficient (Wildman–Crippen LogP) is -1.92. The summed E-state index contributed by atoms with van der Waals surface area (Å²) in [6.45, 7) is -1.76. The van der Waals surface area contributed by atoms with Crippen molar-refractivity contribution < 1.29 is 96.2 Å². The minimum atomic E-state index is -4.62. The third-order valence-corrected chi connectivity index (χ3v) is 11.6. The van der Waals surface area contributed by atoms with Gasteiger partial charge in [0.15, 0.2) is 18.7 Å². The van der Waals surface area contributed by atoms with Crippen molar-refractivity contribution in [2.45, 2.75) is 61.2 Å². The van der Waals surface area contributed by atoms with Crippen molar-refractivity contribution in [1.29, 1.82) is 0 Å². The molecule has 0 spiro atoms. The van der Waals surface area contributed by atoms with Crippen LogP contribution in [-0.2, 0) is 95.2 Å². The topological polar surface area (TPSA) is 293 Å². The SMILES string of the molecule is COc1ccc(C(=O)OC2C3CCOC(OC4OC(COS(C)(=O)=O)C(OS(C)(=O)=O)C(OS(C)(=O)=O)C4OS(C)(=O)=O)C3C3(COS(C)(=O)=O)OC23)cc1. The molecule has 4 fully saturated rings. The molecule has 0 N–H and O–H groups in total. The first kappa shape index (κ1) is 44.0. The molecule has 22 nitrogen and oxygen atoms in total. The van der Waals surface area contributed by atoms with E-state index < -0.39 is 136 Å². The zero-order valence-corrected chi connectivity index (χ0v) is 34.0. The first-order valence-corrected chi connectivity index (χ1v) is 25.1. The number of epoxide rings is 1. The molecule has 0 aromatic heterocycles. The van der Waals surface area contributed by atoms with Crippen LogP contribution in [0.1, 0.15) is 16.8 Å². The van der Waals surface area contributed by atoms with Crippen molar-refractivity contribution in [3.05, 3.63) is 29.8 Å². The molecule has 11 unspecified atom stereocenters. The van der Waals surface area contributed by atoms with Gasteiger partial charge in [0.05, 0.1) is 69.7 Å². The summed E-state index contributed by atoms with van der Waals surface area (Å²) in [5.74, 6) is -2.08. The van der Waals surface area contributed by atoms with Gasteiger partial charge in [0.1, 0.15) is 41.9 Å². The minimum absolute atomic E-state index is 0.105. The third-order valence-electron chi connectivity index (χ3n) is 8.77. The number of carbonyl (C=O) groups excluding carboxylic acids is 1. The molecule has 0 bridgehead atoms. The molecular weight excluding hydrogens is 849 g/mol. The van der Waals surface area contributed by atoms with E-state index in [1.165, 1.54) is 31.4 Å². The summed E-state index contributed by atoms with van der Waals surface area (Å²) in [7, 11) is -20.7. The number of hydrogen-bond donors (Lipinski definition) is 0. The Hall–Kier alpha value is -2.12. The van der Waals surface area contributed by atoms with Crippen molar-refractivity contribution in [1.82, 2.24) is 0 Å². The fourth-order valence-corrected chi connectivity index (χ4v) is 9.43. The fourth-order valence-electron chi connectivity index (χ4n) is 6.79. The van der Waals surface area contributed by atoms with Crippen LogP contribution in [-0.4, -0.2) is 161 Å². The molecule has 3 heterocycles. The molecule has 11 atom stereocenters. The Morgan fingerprint density at radius 3 is 1.84 bits per heavy atom. The Balaban J connectivity index is 1.53. The highest BCUT2D eigenvalue weighted by molar-refractivity contribution is 7.87. The van der Waals surface area contributed by atoms with E-state index in [-0.39, 0.29) is 18.6 Å². The molecule has 55 heavy (non-hydrogen) atoms. The average molecular weight is 889 g/mol. The first-order chi connectivity index (χ1) is 25.2. The van der Waals surface area contributed by atoms with Crippen LogP contribution in [0, 0.1) is 11.8 Å². The number of hydrogen-bond acceptors (Lipinski definition) is 22. The smallest absolute Gasteiger partial charge is 0.338 e. The zero-order chi connectivity index (χ0) is 40.9. The van der Waals surface area contributed by atoms with Crippen molar-refractivity contribution in [2.24, 2.45) is 11.8 Å². The third kappa shape index (κ3) is 11.3. The van der Waals surface area contributed by atoms with Crippen molar-refractivity contribution in [3.63, 3.8) is 0 Å². The number of rotatable bonds is 17. The normalized spacial score (nSPS) is 34.0. The van der Waals surface area contributed by atoms with Gasteiger partial charge in [-0.15, -0.1) is 0 Å². The number of ether oxygens (including phenoxy) is 6. The average Bonchev–Trinajstić information content (AvgIpc) is 3.70. The predicted molar refractivity (Wildman–Crippen MR) is 182 cm³/mol. The van der Waals surface area contributed by atoms with E-state index in [0.717, 1.165) is 6.26 Å². The second kappa shape index (κ2) is 15.9. The molecule has 5 rings (SSSR count). The number of esters is 1. The lowest BCUT2D eigenvalue weighted by atomic mass is 9.83. The molecule has 0 amide bonds. The van der Waals surface area contributed by atoms with Gasteiger partial charge in [-0.05, 0) is 30.7 Å². The lowest BCUT2D eigenvalue weighted by Gasteiger charge is -2.46. The first-order valence-electron chi connectivity index (χ1n) is 16.0. The Kier molecular flexibility index (Phi) is 12.7. The van der Waals surface area contributed by atoms with Gasteiger partial charge in [0, 0.05) is 5.92 Å². The Morgan fingerprint density at radius 1 is 0.727 bits per heavy atom. The molecule has 1 saturated carbocycles. The highest BCUT2D eigenvalue weighted by Crippen LogP contribution is 2.62. The molecule has 27 heteroatoms. The number of benzene rings is 1. The fraction of sp³-hybridized carbons (Fsp3) is 0.750. The molecule has 0 radical (unpaired) electrons. The van der Waals surface area contributed by atoms with Gasteiger partial charge in [-0.2, -0.15) is 42.1 Å². The summed E-state index contributed by atoms with van der Waals surface area (Å²) >= 11 is 0. The highest BCUT2D eigenvalue weighted by Gasteiger charge is 2.78. The van der Waals surface area contributed by atoms with E-state index in [4.69, 9.17) is 49.3 Å². The summed E-state index contributed by atoms with van der Waals surface area (Å²) in [5.41, 5.74) is -1.42. The molecule has 1 aromatic carbocycles. The maximum Gasteiger partial charge on any atom is 0.338 e. The maximum absolute atomic E-state index is 13.3. The molecule has 314 valence electrons.